The molecule has 1 aliphatic heterocycles. The van der Waals surface area contributed by atoms with Gasteiger partial charge < -0.3 is 15.6 Å². The van der Waals surface area contributed by atoms with Crippen LogP contribution in [-0.4, -0.2) is 58.7 Å². The summed E-state index contributed by atoms with van der Waals surface area (Å²) < 4.78 is 7.20. The van der Waals surface area contributed by atoms with Crippen LogP contribution in [0.4, 0.5) is 11.6 Å². The van der Waals surface area contributed by atoms with Crippen LogP contribution in [0.5, 0.6) is 0 Å². The van der Waals surface area contributed by atoms with Gasteiger partial charge in [0, 0.05) is 43.8 Å². The molecule has 44 heavy (non-hydrogen) atoms. The first-order chi connectivity index (χ1) is 21.6. The van der Waals surface area contributed by atoms with Crippen LogP contribution < -0.4 is 11.1 Å². The van der Waals surface area contributed by atoms with E-state index < -0.39 is 0 Å². The first-order valence-electron chi connectivity index (χ1n) is 14.4. The molecule has 3 N–H and O–H groups in total. The second-order valence-electron chi connectivity index (χ2n) is 10.8. The highest BCUT2D eigenvalue weighted by Crippen LogP contribution is 2.32. The fourth-order valence-electron chi connectivity index (χ4n) is 5.62. The van der Waals surface area contributed by atoms with Crippen molar-refractivity contribution in [3.05, 3.63) is 90.3 Å². The number of nitrogen functional groups attached to an aromatic ring is 1. The van der Waals surface area contributed by atoms with Crippen LogP contribution in [0.15, 0.2) is 77.8 Å². The van der Waals surface area contributed by atoms with Gasteiger partial charge in [0.25, 0.3) is 0 Å². The van der Waals surface area contributed by atoms with Gasteiger partial charge in [-0.1, -0.05) is 17.3 Å². The van der Waals surface area contributed by atoms with Crippen LogP contribution >= 0.6 is 0 Å². The van der Waals surface area contributed by atoms with Gasteiger partial charge >= 0.3 is 0 Å². The molecule has 0 amide bonds. The van der Waals surface area contributed by atoms with Gasteiger partial charge in [0.05, 0.1) is 22.5 Å². The maximum absolute atomic E-state index is 9.06. The molecule has 0 bridgehead atoms. The first kappa shape index (κ1) is 27.2. The summed E-state index contributed by atoms with van der Waals surface area (Å²) in [5.74, 6) is 1.95. The zero-order valence-electron chi connectivity index (χ0n) is 24.1. The highest BCUT2D eigenvalue weighted by Gasteiger charge is 2.22. The molecule has 218 valence electrons. The number of nitrogens with one attached hydrogen (secondary N) is 1. The van der Waals surface area contributed by atoms with Crippen molar-refractivity contribution in [2.24, 2.45) is 0 Å². The molecule has 0 aliphatic carbocycles. The van der Waals surface area contributed by atoms with Gasteiger partial charge in [0.2, 0.25) is 5.82 Å². The summed E-state index contributed by atoms with van der Waals surface area (Å²) in [4.78, 5) is 24.9. The maximum atomic E-state index is 9.06. The van der Waals surface area contributed by atoms with E-state index in [-0.39, 0.29) is 5.82 Å². The van der Waals surface area contributed by atoms with Crippen LogP contribution in [0.3, 0.4) is 0 Å². The Hall–Kier alpha value is -5.67. The Balaban J connectivity index is 1.13. The highest BCUT2D eigenvalue weighted by atomic mass is 16.5. The Morgan fingerprint density at radius 2 is 1.82 bits per heavy atom. The molecule has 0 saturated carbocycles. The lowest BCUT2D eigenvalue weighted by Gasteiger charge is -2.32. The molecule has 0 spiro atoms. The van der Waals surface area contributed by atoms with E-state index in [1.165, 1.54) is 5.56 Å². The minimum atomic E-state index is 0.178. The van der Waals surface area contributed by atoms with Gasteiger partial charge in [-0.3, -0.25) is 9.47 Å². The zero-order valence-corrected chi connectivity index (χ0v) is 24.1. The molecule has 5 aromatic heterocycles. The summed E-state index contributed by atoms with van der Waals surface area (Å²) in [7, 11) is 0. The van der Waals surface area contributed by atoms with Crippen molar-refractivity contribution < 1.29 is 4.52 Å². The normalized spacial score (nSPS) is 14.1. The second kappa shape index (κ2) is 11.5. The summed E-state index contributed by atoms with van der Waals surface area (Å²) in [5.41, 5.74) is 13.0. The molecule has 0 radical (unpaired) electrons. The Labute approximate surface area is 253 Å². The molecule has 1 aliphatic rings. The third-order valence-electron chi connectivity index (χ3n) is 7.91. The molecule has 1 saturated heterocycles. The molecule has 6 heterocycles. The van der Waals surface area contributed by atoms with Crippen LogP contribution in [0, 0.1) is 18.3 Å². The molecular formula is C32H29N11O. The number of hydrogen-bond donors (Lipinski definition) is 2. The number of aromatic nitrogens is 7. The second-order valence-corrected chi connectivity index (χ2v) is 10.8. The lowest BCUT2D eigenvalue weighted by Crippen LogP contribution is -2.38. The number of imidazole rings is 1. The summed E-state index contributed by atoms with van der Waals surface area (Å²) in [6.45, 7) is 4.66. The Morgan fingerprint density at radius 3 is 2.57 bits per heavy atom. The van der Waals surface area contributed by atoms with Crippen LogP contribution in [0.25, 0.3) is 39.5 Å². The Kier molecular flexibility index (Phi) is 7.13. The molecule has 0 atom stereocenters. The number of hydrogen-bond acceptors (Lipinski definition) is 11. The van der Waals surface area contributed by atoms with Crippen molar-refractivity contribution >= 4 is 22.8 Å². The van der Waals surface area contributed by atoms with Crippen LogP contribution in [-0.2, 0) is 6.54 Å². The van der Waals surface area contributed by atoms with E-state index in [1.807, 2.05) is 41.8 Å². The van der Waals surface area contributed by atoms with Gasteiger partial charge in [0.1, 0.15) is 29.5 Å². The van der Waals surface area contributed by atoms with E-state index in [0.717, 1.165) is 66.2 Å². The lowest BCUT2D eigenvalue weighted by molar-refractivity contribution is 0.211. The number of nitriles is 1. The standard InChI is InChI=1S/C32H29N11O/c1-20-25(19-44-41-20)26-8-9-27-32(38-26)43(31(39-27)24-3-2-13-36-30(24)34)23-6-4-21(5-7-23)18-42-15-11-22(12-16-42)37-28-10-14-35-29(17-33)40-28/h2-10,13-14,19,22H,11-12,15-16,18H2,1H3,(H2,34,36)(H,35,37,40). The fraction of sp³-hybridized carbons (Fsp3) is 0.219. The molecule has 12 nitrogen and oxygen atoms in total. The topological polar surface area (TPSA) is 160 Å². The van der Waals surface area contributed by atoms with Crippen LogP contribution in [0.2, 0.25) is 0 Å². The molecule has 6 aromatic rings. The highest BCUT2D eigenvalue weighted by molar-refractivity contribution is 5.84. The SMILES string of the molecule is Cc1nocc1-c1ccc2nc(-c3cccnc3N)n(-c3ccc(CN4CCC(Nc5ccnc(C#N)n5)CC4)cc3)c2n1. The van der Waals surface area contributed by atoms with E-state index in [2.05, 4.69) is 54.6 Å². The van der Waals surface area contributed by atoms with Crippen molar-refractivity contribution in [1.29, 1.82) is 5.26 Å². The number of nitrogens with two attached hydrogens (primary N) is 1. The molecule has 1 aromatic carbocycles. The molecule has 7 rings (SSSR count). The van der Waals surface area contributed by atoms with Gasteiger partial charge in [-0.25, -0.2) is 24.9 Å². The number of nitrogens with zero attached hydrogens (tertiary/aromatic N) is 9. The predicted octanol–water partition coefficient (Wildman–Crippen LogP) is 4.77. The summed E-state index contributed by atoms with van der Waals surface area (Å²) in [6.07, 6.45) is 6.87. The minimum absolute atomic E-state index is 0.178. The van der Waals surface area contributed by atoms with Crippen molar-refractivity contribution in [3.8, 4) is 34.4 Å². The average molecular weight is 584 g/mol. The number of anilines is 2. The monoisotopic (exact) mass is 583 g/mol. The largest absolute Gasteiger partial charge is 0.383 e. The number of aryl methyl sites for hydroxylation is 1. The number of fused-ring (bicyclic) bond motifs is 1. The van der Waals surface area contributed by atoms with Crippen molar-refractivity contribution in [3.63, 3.8) is 0 Å². The number of piperidine rings is 1. The van der Waals surface area contributed by atoms with Gasteiger partial charge in [-0.2, -0.15) is 5.26 Å². The third kappa shape index (κ3) is 5.32. The van der Waals surface area contributed by atoms with E-state index >= 15 is 0 Å². The summed E-state index contributed by atoms with van der Waals surface area (Å²) >= 11 is 0. The number of benzene rings is 1. The van der Waals surface area contributed by atoms with E-state index in [9.17, 15) is 0 Å². The summed E-state index contributed by atoms with van der Waals surface area (Å²) in [6, 6.07) is 20.3. The minimum Gasteiger partial charge on any atom is -0.383 e. The van der Waals surface area contributed by atoms with Gasteiger partial charge in [-0.05, 0) is 67.8 Å². The lowest BCUT2D eigenvalue weighted by atomic mass is 10.0. The average Bonchev–Trinajstić information content (AvgIpc) is 3.65. The number of pyridine rings is 2. The molecular weight excluding hydrogens is 554 g/mol. The summed E-state index contributed by atoms with van der Waals surface area (Å²) in [5, 5.41) is 16.5. The first-order valence-corrected chi connectivity index (χ1v) is 14.4. The third-order valence-corrected chi connectivity index (χ3v) is 7.91. The number of likely N-dealkylation sites (tertiary alicyclic amines) is 1. The quantitative estimate of drug-likeness (QED) is 0.266. The molecule has 1 fully saturated rings. The smallest absolute Gasteiger partial charge is 0.234 e. The maximum Gasteiger partial charge on any atom is 0.234 e. The number of rotatable bonds is 7. The molecule has 12 heteroatoms. The van der Waals surface area contributed by atoms with Gasteiger partial charge in [0.15, 0.2) is 11.5 Å². The zero-order chi connectivity index (χ0) is 30.0. The van der Waals surface area contributed by atoms with Crippen LogP contribution in [0.1, 0.15) is 29.9 Å². The van der Waals surface area contributed by atoms with E-state index in [0.29, 0.717) is 29.1 Å². The molecule has 0 unspecified atom stereocenters. The van der Waals surface area contributed by atoms with Gasteiger partial charge in [-0.15, -0.1) is 0 Å². The van der Waals surface area contributed by atoms with Crippen molar-refractivity contribution in [2.45, 2.75) is 32.4 Å². The Bertz CT molecular complexity index is 1980. The van der Waals surface area contributed by atoms with Crippen molar-refractivity contribution in [1.82, 2.24) is 39.5 Å². The predicted molar refractivity (Wildman–Crippen MR) is 165 cm³/mol. The fourth-order valence-corrected chi connectivity index (χ4v) is 5.62. The van der Waals surface area contributed by atoms with E-state index in [1.54, 1.807) is 24.7 Å². The Morgan fingerprint density at radius 1 is 0.977 bits per heavy atom. The van der Waals surface area contributed by atoms with Crippen molar-refractivity contribution in [2.75, 3.05) is 24.1 Å². The van der Waals surface area contributed by atoms with E-state index in [4.69, 9.17) is 25.5 Å².